The maximum atomic E-state index is 12.6. The second-order valence-electron chi connectivity index (χ2n) is 9.39. The van der Waals surface area contributed by atoms with Gasteiger partial charge in [0, 0.05) is 0 Å². The molecule has 2 rings (SSSR count). The van der Waals surface area contributed by atoms with Gasteiger partial charge in [-0.25, -0.2) is 4.57 Å². The predicted molar refractivity (Wildman–Crippen MR) is 117 cm³/mol. The van der Waals surface area contributed by atoms with E-state index in [1.807, 2.05) is 42.5 Å². The fourth-order valence-electron chi connectivity index (χ4n) is 3.74. The average Bonchev–Trinajstić information content (AvgIpc) is 2.58. The SMILES string of the molecule is CC(C)(C)CC(C)(C)c1ccc(OP(=O)(O)C(N)CCc2ccccc2)cc1. The van der Waals surface area contributed by atoms with Crippen molar-refractivity contribution in [1.82, 2.24) is 0 Å². The first-order valence-electron chi connectivity index (χ1n) is 9.81. The van der Waals surface area contributed by atoms with E-state index < -0.39 is 13.4 Å². The second kappa shape index (κ2) is 8.82. The van der Waals surface area contributed by atoms with Crippen molar-refractivity contribution in [3.8, 4) is 5.75 Å². The molecule has 0 amide bonds. The third-order valence-electron chi connectivity index (χ3n) is 4.83. The van der Waals surface area contributed by atoms with E-state index in [1.54, 1.807) is 12.1 Å². The lowest BCUT2D eigenvalue weighted by Crippen LogP contribution is -2.25. The van der Waals surface area contributed by atoms with Crippen LogP contribution in [-0.2, 0) is 16.4 Å². The molecule has 2 aromatic carbocycles. The molecule has 5 heteroatoms. The van der Waals surface area contributed by atoms with Crippen molar-refractivity contribution in [2.24, 2.45) is 11.1 Å². The summed E-state index contributed by atoms with van der Waals surface area (Å²) in [5, 5.41) is 0. The fourth-order valence-corrected chi connectivity index (χ4v) is 4.75. The van der Waals surface area contributed by atoms with Gasteiger partial charge in [-0.3, -0.25) is 0 Å². The minimum absolute atomic E-state index is 0.00573. The molecule has 154 valence electrons. The molecule has 0 saturated carbocycles. The van der Waals surface area contributed by atoms with Crippen molar-refractivity contribution >= 4 is 7.60 Å². The van der Waals surface area contributed by atoms with Gasteiger partial charge >= 0.3 is 7.60 Å². The highest BCUT2D eigenvalue weighted by atomic mass is 31.2. The van der Waals surface area contributed by atoms with Crippen LogP contribution in [0.25, 0.3) is 0 Å². The molecule has 2 atom stereocenters. The van der Waals surface area contributed by atoms with Gasteiger partial charge in [-0.15, -0.1) is 0 Å². The average molecular weight is 404 g/mol. The largest absolute Gasteiger partial charge is 0.423 e. The Morgan fingerprint density at radius 1 is 1.00 bits per heavy atom. The molecule has 3 N–H and O–H groups in total. The molecule has 0 bridgehead atoms. The van der Waals surface area contributed by atoms with Crippen LogP contribution in [0.3, 0.4) is 0 Å². The predicted octanol–water partition coefficient (Wildman–Crippen LogP) is 5.88. The summed E-state index contributed by atoms with van der Waals surface area (Å²) < 4.78 is 18.0. The normalized spacial score (nSPS) is 15.7. The Kier molecular flexibility index (Phi) is 7.14. The standard InChI is InChI=1S/C23H34NO3P/c1-22(2,3)17-23(4,5)19-12-14-20(15-13-19)27-28(25,26)21(24)16-11-18-9-7-6-8-10-18/h6-10,12-15,21H,11,16-17,24H2,1-5H3,(H,25,26). The number of hydrogen-bond acceptors (Lipinski definition) is 3. The highest BCUT2D eigenvalue weighted by Gasteiger charge is 2.31. The minimum Gasteiger partial charge on any atom is -0.423 e. The van der Waals surface area contributed by atoms with Gasteiger partial charge in [0.2, 0.25) is 0 Å². The van der Waals surface area contributed by atoms with E-state index in [1.165, 1.54) is 5.56 Å². The number of aryl methyl sites for hydroxylation is 1. The first-order chi connectivity index (χ1) is 12.9. The summed E-state index contributed by atoms with van der Waals surface area (Å²) >= 11 is 0. The lowest BCUT2D eigenvalue weighted by Gasteiger charge is -2.33. The summed E-state index contributed by atoms with van der Waals surface area (Å²) in [6.07, 6.45) is 2.05. The van der Waals surface area contributed by atoms with Crippen molar-refractivity contribution in [2.75, 3.05) is 0 Å². The third-order valence-corrected chi connectivity index (χ3v) is 6.40. The van der Waals surface area contributed by atoms with Crippen molar-refractivity contribution in [2.45, 2.75) is 65.1 Å². The molecular weight excluding hydrogens is 369 g/mol. The fraction of sp³-hybridized carbons (Fsp3) is 0.478. The minimum atomic E-state index is -3.95. The number of hydrogen-bond donors (Lipinski definition) is 2. The van der Waals surface area contributed by atoms with Crippen LogP contribution >= 0.6 is 7.60 Å². The Morgan fingerprint density at radius 2 is 1.57 bits per heavy atom. The summed E-state index contributed by atoms with van der Waals surface area (Å²) in [7, 11) is -3.95. The van der Waals surface area contributed by atoms with Crippen LogP contribution in [0.5, 0.6) is 5.75 Å². The number of nitrogens with two attached hydrogens (primary N) is 1. The maximum Gasteiger partial charge on any atom is 0.393 e. The zero-order valence-corrected chi connectivity index (χ0v) is 18.6. The molecular formula is C23H34NO3P. The quantitative estimate of drug-likeness (QED) is 0.540. The van der Waals surface area contributed by atoms with Crippen molar-refractivity contribution < 1.29 is 14.0 Å². The zero-order chi connectivity index (χ0) is 21.0. The van der Waals surface area contributed by atoms with Crippen LogP contribution in [0, 0.1) is 5.41 Å². The topological polar surface area (TPSA) is 72.5 Å². The molecule has 0 spiro atoms. The van der Waals surface area contributed by atoms with E-state index in [2.05, 4.69) is 34.6 Å². The number of benzene rings is 2. The van der Waals surface area contributed by atoms with Crippen molar-refractivity contribution in [3.05, 3.63) is 65.7 Å². The molecule has 2 aromatic rings. The van der Waals surface area contributed by atoms with Gasteiger partial charge in [-0.2, -0.15) is 0 Å². The van der Waals surface area contributed by atoms with Gasteiger partial charge in [0.1, 0.15) is 11.5 Å². The molecule has 0 aliphatic carbocycles. The molecule has 0 aliphatic rings. The summed E-state index contributed by atoms with van der Waals surface area (Å²) in [6.45, 7) is 11.1. The molecule has 0 heterocycles. The summed E-state index contributed by atoms with van der Waals surface area (Å²) in [4.78, 5) is 10.3. The van der Waals surface area contributed by atoms with Gasteiger partial charge in [-0.05, 0) is 53.4 Å². The van der Waals surface area contributed by atoms with Crippen molar-refractivity contribution in [1.29, 1.82) is 0 Å². The van der Waals surface area contributed by atoms with E-state index in [0.717, 1.165) is 12.0 Å². The van der Waals surface area contributed by atoms with Gasteiger partial charge in [0.15, 0.2) is 0 Å². The summed E-state index contributed by atoms with van der Waals surface area (Å²) in [5.41, 5.74) is 8.46. The molecule has 0 saturated heterocycles. The molecule has 0 aromatic heterocycles. The third kappa shape index (κ3) is 6.77. The summed E-state index contributed by atoms with van der Waals surface area (Å²) in [6, 6.07) is 17.2. The van der Waals surface area contributed by atoms with Crippen LogP contribution in [0.15, 0.2) is 54.6 Å². The maximum absolute atomic E-state index is 12.6. The smallest absolute Gasteiger partial charge is 0.393 e. The Bertz CT molecular complexity index is 795. The van der Waals surface area contributed by atoms with E-state index in [9.17, 15) is 9.46 Å². The zero-order valence-electron chi connectivity index (χ0n) is 17.7. The highest BCUT2D eigenvalue weighted by Crippen LogP contribution is 2.47. The van der Waals surface area contributed by atoms with E-state index >= 15 is 0 Å². The van der Waals surface area contributed by atoms with Crippen LogP contribution in [-0.4, -0.2) is 10.7 Å². The lowest BCUT2D eigenvalue weighted by atomic mass is 9.72. The second-order valence-corrected chi connectivity index (χ2v) is 11.4. The van der Waals surface area contributed by atoms with Crippen LogP contribution < -0.4 is 10.3 Å². The first kappa shape index (κ1) is 22.7. The first-order valence-corrected chi connectivity index (χ1v) is 11.5. The van der Waals surface area contributed by atoms with Gasteiger partial charge < -0.3 is 15.2 Å². The Balaban J connectivity index is 2.00. The number of rotatable bonds is 8. The van der Waals surface area contributed by atoms with Gasteiger partial charge in [-0.1, -0.05) is 77.1 Å². The molecule has 0 fully saturated rings. The van der Waals surface area contributed by atoms with Crippen LogP contribution in [0.1, 0.15) is 58.6 Å². The van der Waals surface area contributed by atoms with E-state index in [0.29, 0.717) is 18.6 Å². The molecule has 0 aliphatic heterocycles. The molecule has 4 nitrogen and oxygen atoms in total. The lowest BCUT2D eigenvalue weighted by molar-refractivity contribution is 0.284. The van der Waals surface area contributed by atoms with Crippen LogP contribution in [0.2, 0.25) is 0 Å². The Hall–Kier alpha value is -1.61. The van der Waals surface area contributed by atoms with E-state index in [4.69, 9.17) is 10.3 Å². The summed E-state index contributed by atoms with van der Waals surface area (Å²) in [5.74, 6) is -0.555. The molecule has 0 radical (unpaired) electrons. The van der Waals surface area contributed by atoms with E-state index in [-0.39, 0.29) is 10.8 Å². The van der Waals surface area contributed by atoms with Crippen molar-refractivity contribution in [3.63, 3.8) is 0 Å². The Labute approximate surface area is 169 Å². The monoisotopic (exact) mass is 403 g/mol. The highest BCUT2D eigenvalue weighted by molar-refractivity contribution is 7.53. The van der Waals surface area contributed by atoms with Gasteiger partial charge in [0.05, 0.1) is 0 Å². The molecule has 2 unspecified atom stereocenters. The van der Waals surface area contributed by atoms with Crippen LogP contribution in [0.4, 0.5) is 0 Å². The molecule has 28 heavy (non-hydrogen) atoms. The Morgan fingerprint density at radius 3 is 2.11 bits per heavy atom. The van der Waals surface area contributed by atoms with Gasteiger partial charge in [0.25, 0.3) is 0 Å².